The molecule has 200 valence electrons. The van der Waals surface area contributed by atoms with Gasteiger partial charge in [0.2, 0.25) is 23.6 Å². The largest absolute Gasteiger partial charge is 0.480 e. The Morgan fingerprint density at radius 3 is 1.91 bits per heavy atom. The Labute approximate surface area is 203 Å². The normalized spacial score (nSPS) is 15.1. The van der Waals surface area contributed by atoms with Crippen LogP contribution in [0.15, 0.2) is 4.99 Å². The quantitative estimate of drug-likeness (QED) is 0.0563. The second-order valence-corrected chi connectivity index (χ2v) is 8.54. The average Bonchev–Trinajstić information content (AvgIpc) is 2.72. The number of aliphatic carboxylic acids is 1. The highest BCUT2D eigenvalue weighted by molar-refractivity contribution is 5.96. The first-order chi connectivity index (χ1) is 16.1. The molecule has 0 bridgehead atoms. The van der Waals surface area contributed by atoms with E-state index in [-0.39, 0.29) is 31.3 Å². The Hall–Kier alpha value is -3.46. The molecule has 35 heavy (non-hydrogen) atoms. The van der Waals surface area contributed by atoms with Crippen LogP contribution in [0.2, 0.25) is 0 Å². The van der Waals surface area contributed by atoms with Crippen LogP contribution in [-0.4, -0.2) is 82.6 Å². The van der Waals surface area contributed by atoms with Gasteiger partial charge in [0.05, 0.1) is 18.6 Å². The van der Waals surface area contributed by atoms with Crippen LogP contribution in [0, 0.1) is 5.92 Å². The molecule has 0 heterocycles. The summed E-state index contributed by atoms with van der Waals surface area (Å²) in [4.78, 5) is 64.4. The number of carbonyl (C=O) groups excluding carboxylic acids is 4. The van der Waals surface area contributed by atoms with Gasteiger partial charge in [-0.15, -0.1) is 0 Å². The van der Waals surface area contributed by atoms with Crippen LogP contribution in [0.25, 0.3) is 0 Å². The van der Waals surface area contributed by atoms with E-state index in [2.05, 4.69) is 20.9 Å². The fourth-order valence-corrected chi connectivity index (χ4v) is 2.95. The van der Waals surface area contributed by atoms with Gasteiger partial charge in [-0.05, 0) is 32.1 Å². The van der Waals surface area contributed by atoms with E-state index in [1.165, 1.54) is 6.92 Å². The van der Waals surface area contributed by atoms with Gasteiger partial charge in [0.1, 0.15) is 18.1 Å². The predicted octanol–water partition coefficient (Wildman–Crippen LogP) is -3.79. The summed E-state index contributed by atoms with van der Waals surface area (Å²) < 4.78 is 0. The predicted molar refractivity (Wildman–Crippen MR) is 126 cm³/mol. The summed E-state index contributed by atoms with van der Waals surface area (Å²) in [5, 5.41) is 26.1. The minimum atomic E-state index is -1.54. The highest BCUT2D eigenvalue weighted by Gasteiger charge is 2.33. The summed E-state index contributed by atoms with van der Waals surface area (Å²) in [6.07, 6.45) is -1.39. The third kappa shape index (κ3) is 13.1. The average molecular weight is 503 g/mol. The smallest absolute Gasteiger partial charge is 0.326 e. The molecule has 0 spiro atoms. The van der Waals surface area contributed by atoms with Crippen molar-refractivity contribution in [3.8, 4) is 0 Å². The number of aliphatic hydroxyl groups is 1. The number of nitrogens with two attached hydrogens (primary N) is 4. The Balaban J connectivity index is 5.34. The van der Waals surface area contributed by atoms with E-state index in [1.807, 2.05) is 0 Å². The van der Waals surface area contributed by atoms with E-state index in [4.69, 9.17) is 22.9 Å². The molecule has 0 rings (SSSR count). The van der Waals surface area contributed by atoms with Gasteiger partial charge in [-0.25, -0.2) is 4.79 Å². The molecule has 0 aliphatic rings. The van der Waals surface area contributed by atoms with Crippen molar-refractivity contribution in [1.82, 2.24) is 16.0 Å². The number of hydrogen-bond donors (Lipinski definition) is 9. The second kappa shape index (κ2) is 15.4. The number of carboxylic acid groups (broad SMARTS) is 1. The topological polar surface area (TPSA) is 278 Å². The summed E-state index contributed by atoms with van der Waals surface area (Å²) >= 11 is 0. The van der Waals surface area contributed by atoms with Crippen LogP contribution in [0.1, 0.15) is 46.5 Å². The number of amides is 4. The molecular formula is C20H38N8O7. The van der Waals surface area contributed by atoms with E-state index in [0.717, 1.165) is 0 Å². The van der Waals surface area contributed by atoms with Gasteiger partial charge in [-0.2, -0.15) is 0 Å². The minimum absolute atomic E-state index is 0.0703. The first-order valence-corrected chi connectivity index (χ1v) is 11.1. The third-order valence-electron chi connectivity index (χ3n) is 4.73. The van der Waals surface area contributed by atoms with Crippen LogP contribution < -0.4 is 38.9 Å². The van der Waals surface area contributed by atoms with Gasteiger partial charge < -0.3 is 49.1 Å². The summed E-state index contributed by atoms with van der Waals surface area (Å²) in [6.45, 7) is 4.97. The van der Waals surface area contributed by atoms with E-state index >= 15 is 0 Å². The molecule has 15 heteroatoms. The third-order valence-corrected chi connectivity index (χ3v) is 4.73. The number of aliphatic imine (C=N–C) groups is 1. The Bertz CT molecular complexity index is 783. The second-order valence-electron chi connectivity index (χ2n) is 8.54. The maximum atomic E-state index is 12.8. The zero-order valence-electron chi connectivity index (χ0n) is 20.2. The monoisotopic (exact) mass is 502 g/mol. The molecule has 15 nitrogen and oxygen atoms in total. The Morgan fingerprint density at radius 1 is 0.886 bits per heavy atom. The standard InChI is InChI=1S/C20H38N8O7/c1-9(2)7-13(19(34)35)27-17(32)12(8-14(22)30)26-18(33)15(10(3)29)28-16(31)11(21)5-4-6-25-20(23)24/h9-13,15,29H,4-8,21H2,1-3H3,(H2,22,30)(H,26,33)(H,27,32)(H,28,31)(H,34,35)(H4,23,24,25). The fraction of sp³-hybridized carbons (Fsp3) is 0.700. The lowest BCUT2D eigenvalue weighted by Gasteiger charge is -2.26. The van der Waals surface area contributed by atoms with Crippen molar-refractivity contribution in [2.45, 2.75) is 76.7 Å². The molecule has 0 aromatic carbocycles. The number of carbonyl (C=O) groups is 5. The Morgan fingerprint density at radius 2 is 1.46 bits per heavy atom. The molecule has 0 saturated carbocycles. The summed E-state index contributed by atoms with van der Waals surface area (Å²) in [7, 11) is 0. The van der Waals surface area contributed by atoms with E-state index in [9.17, 15) is 34.2 Å². The van der Waals surface area contributed by atoms with Crippen molar-refractivity contribution < 1.29 is 34.2 Å². The lowest BCUT2D eigenvalue weighted by atomic mass is 10.0. The molecule has 0 aliphatic heterocycles. The minimum Gasteiger partial charge on any atom is -0.480 e. The number of nitrogens with zero attached hydrogens (tertiary/aromatic N) is 1. The first-order valence-electron chi connectivity index (χ1n) is 11.1. The fourth-order valence-electron chi connectivity index (χ4n) is 2.95. The van der Waals surface area contributed by atoms with Gasteiger partial charge in [-0.1, -0.05) is 13.8 Å². The summed E-state index contributed by atoms with van der Waals surface area (Å²) in [6, 6.07) is -5.38. The van der Waals surface area contributed by atoms with Gasteiger partial charge in [-0.3, -0.25) is 24.2 Å². The Kier molecular flexibility index (Phi) is 13.9. The van der Waals surface area contributed by atoms with Gasteiger partial charge >= 0.3 is 5.97 Å². The number of rotatable bonds is 16. The number of nitrogens with one attached hydrogen (secondary N) is 3. The van der Waals surface area contributed by atoms with Crippen molar-refractivity contribution in [2.75, 3.05) is 6.54 Å². The zero-order chi connectivity index (χ0) is 27.3. The number of primary amides is 1. The molecule has 0 aromatic heterocycles. The van der Waals surface area contributed by atoms with Gasteiger partial charge in [0.25, 0.3) is 0 Å². The van der Waals surface area contributed by atoms with Crippen molar-refractivity contribution in [3.63, 3.8) is 0 Å². The lowest BCUT2D eigenvalue weighted by molar-refractivity contribution is -0.143. The van der Waals surface area contributed by atoms with Crippen LogP contribution in [0.4, 0.5) is 0 Å². The lowest BCUT2D eigenvalue weighted by Crippen LogP contribution is -2.60. The van der Waals surface area contributed by atoms with Crippen LogP contribution in [-0.2, 0) is 24.0 Å². The molecule has 0 fully saturated rings. The zero-order valence-corrected chi connectivity index (χ0v) is 20.2. The number of aliphatic hydroxyl groups excluding tert-OH is 1. The van der Waals surface area contributed by atoms with Crippen LogP contribution in [0.5, 0.6) is 0 Å². The molecule has 0 aliphatic carbocycles. The SMILES string of the molecule is CC(C)CC(NC(=O)C(CC(N)=O)NC(=O)C(NC(=O)C(N)CCCN=C(N)N)C(C)O)C(=O)O. The summed E-state index contributed by atoms with van der Waals surface area (Å²) in [5.41, 5.74) is 21.4. The van der Waals surface area contributed by atoms with Gasteiger partial charge in [0.15, 0.2) is 5.96 Å². The van der Waals surface area contributed by atoms with E-state index in [1.54, 1.807) is 13.8 Å². The highest BCUT2D eigenvalue weighted by atomic mass is 16.4. The molecule has 5 unspecified atom stereocenters. The number of guanidine groups is 1. The maximum Gasteiger partial charge on any atom is 0.326 e. The van der Waals surface area contributed by atoms with Crippen LogP contribution in [0.3, 0.4) is 0 Å². The highest BCUT2D eigenvalue weighted by Crippen LogP contribution is 2.07. The maximum absolute atomic E-state index is 12.8. The van der Waals surface area contributed by atoms with Crippen LogP contribution >= 0.6 is 0 Å². The van der Waals surface area contributed by atoms with Crippen molar-refractivity contribution >= 4 is 35.6 Å². The molecule has 13 N–H and O–H groups in total. The first kappa shape index (κ1) is 31.5. The number of hydrogen-bond acceptors (Lipinski definition) is 8. The van der Waals surface area contributed by atoms with E-state index < -0.39 is 66.3 Å². The molecule has 4 amide bonds. The van der Waals surface area contributed by atoms with Crippen molar-refractivity contribution in [3.05, 3.63) is 0 Å². The molecule has 5 atom stereocenters. The molecule has 0 saturated heterocycles. The molecule has 0 radical (unpaired) electrons. The van der Waals surface area contributed by atoms with Crippen molar-refractivity contribution in [2.24, 2.45) is 33.8 Å². The van der Waals surface area contributed by atoms with E-state index in [0.29, 0.717) is 6.42 Å². The number of carboxylic acids is 1. The van der Waals surface area contributed by atoms with Crippen molar-refractivity contribution in [1.29, 1.82) is 0 Å². The summed E-state index contributed by atoms with van der Waals surface area (Å²) in [5.74, 6) is -5.13. The van der Waals surface area contributed by atoms with Gasteiger partial charge in [0, 0.05) is 6.54 Å². The molecular weight excluding hydrogens is 464 g/mol. The molecule has 0 aromatic rings.